The van der Waals surface area contributed by atoms with Gasteiger partial charge in [-0.2, -0.15) is 0 Å². The lowest BCUT2D eigenvalue weighted by Gasteiger charge is -1.94. The molecule has 3 rings (SSSR count). The fourth-order valence-corrected chi connectivity index (χ4v) is 3.02. The summed E-state index contributed by atoms with van der Waals surface area (Å²) in [5, 5.41) is 0. The Morgan fingerprint density at radius 2 is 2.33 bits per heavy atom. The standard InChI is InChI=1S/C11H9ClN2S/c1-7-6-14-9-3-2-8(5-12)4-10(9)15-11(14)13-7/h2-4,6H,5H2,1H3. The summed E-state index contributed by atoms with van der Waals surface area (Å²) >= 11 is 7.51. The molecule has 1 aromatic carbocycles. The minimum Gasteiger partial charge on any atom is -0.290 e. The Bertz CT molecular complexity index is 638. The summed E-state index contributed by atoms with van der Waals surface area (Å²) in [5.74, 6) is 0.565. The van der Waals surface area contributed by atoms with Crippen molar-refractivity contribution >= 4 is 38.1 Å². The van der Waals surface area contributed by atoms with Gasteiger partial charge in [0.2, 0.25) is 0 Å². The molecule has 0 saturated carbocycles. The molecule has 0 spiro atoms. The highest BCUT2D eigenvalue weighted by molar-refractivity contribution is 7.23. The van der Waals surface area contributed by atoms with Crippen LogP contribution in [0.5, 0.6) is 0 Å². The molecule has 0 radical (unpaired) electrons. The first-order valence-corrected chi connectivity index (χ1v) is 6.06. The maximum Gasteiger partial charge on any atom is 0.194 e. The lowest BCUT2D eigenvalue weighted by molar-refractivity contribution is 1.27. The molecule has 0 aliphatic heterocycles. The Morgan fingerprint density at radius 1 is 1.47 bits per heavy atom. The van der Waals surface area contributed by atoms with Crippen LogP contribution >= 0.6 is 22.9 Å². The third kappa shape index (κ3) is 1.34. The average Bonchev–Trinajstić information content (AvgIpc) is 2.72. The van der Waals surface area contributed by atoms with Crippen LogP contribution in [0.2, 0.25) is 0 Å². The zero-order chi connectivity index (χ0) is 10.4. The van der Waals surface area contributed by atoms with E-state index in [0.29, 0.717) is 5.88 Å². The number of halogens is 1. The van der Waals surface area contributed by atoms with Crippen molar-refractivity contribution in [2.24, 2.45) is 0 Å². The molecule has 0 bridgehead atoms. The third-order valence-electron chi connectivity index (χ3n) is 2.43. The highest BCUT2D eigenvalue weighted by Crippen LogP contribution is 2.27. The molecule has 0 N–H and O–H groups in total. The molecule has 0 atom stereocenters. The topological polar surface area (TPSA) is 17.3 Å². The van der Waals surface area contributed by atoms with E-state index in [1.165, 1.54) is 10.2 Å². The summed E-state index contributed by atoms with van der Waals surface area (Å²) in [6.45, 7) is 2.01. The van der Waals surface area contributed by atoms with E-state index in [0.717, 1.165) is 16.2 Å². The van der Waals surface area contributed by atoms with Crippen LogP contribution in [0.15, 0.2) is 24.4 Å². The van der Waals surface area contributed by atoms with Crippen molar-refractivity contribution in [3.8, 4) is 0 Å². The minimum absolute atomic E-state index is 0.565. The Balaban J connectivity index is 2.40. The van der Waals surface area contributed by atoms with E-state index in [1.54, 1.807) is 11.3 Å². The fraction of sp³-hybridized carbons (Fsp3) is 0.182. The quantitative estimate of drug-likeness (QED) is 0.590. The lowest BCUT2D eigenvalue weighted by atomic mass is 10.2. The molecule has 76 valence electrons. The summed E-state index contributed by atoms with van der Waals surface area (Å²) in [4.78, 5) is 5.50. The van der Waals surface area contributed by atoms with E-state index >= 15 is 0 Å². The molecule has 0 amide bonds. The molecular weight excluding hydrogens is 228 g/mol. The van der Waals surface area contributed by atoms with Gasteiger partial charge in [0.25, 0.3) is 0 Å². The zero-order valence-corrected chi connectivity index (χ0v) is 9.77. The summed E-state index contributed by atoms with van der Waals surface area (Å²) in [7, 11) is 0. The molecule has 0 aliphatic carbocycles. The first kappa shape index (κ1) is 9.19. The van der Waals surface area contributed by atoms with E-state index in [2.05, 4.69) is 33.8 Å². The number of benzene rings is 1. The van der Waals surface area contributed by atoms with Gasteiger partial charge in [0.1, 0.15) is 0 Å². The fourth-order valence-electron chi connectivity index (χ4n) is 1.74. The van der Waals surface area contributed by atoms with Crippen molar-refractivity contribution in [2.45, 2.75) is 12.8 Å². The number of fused-ring (bicyclic) bond motifs is 3. The van der Waals surface area contributed by atoms with Crippen LogP contribution in [-0.4, -0.2) is 9.38 Å². The Hall–Kier alpha value is -1.06. The maximum atomic E-state index is 5.81. The number of aromatic nitrogens is 2. The first-order valence-electron chi connectivity index (χ1n) is 4.71. The summed E-state index contributed by atoms with van der Waals surface area (Å²) < 4.78 is 3.38. The number of alkyl halides is 1. The highest BCUT2D eigenvalue weighted by Gasteiger charge is 2.06. The van der Waals surface area contributed by atoms with E-state index < -0.39 is 0 Å². The second-order valence-corrected chi connectivity index (χ2v) is 4.85. The number of hydrogen-bond acceptors (Lipinski definition) is 2. The normalized spacial score (nSPS) is 11.6. The second kappa shape index (κ2) is 3.22. The number of nitrogens with zero attached hydrogens (tertiary/aromatic N) is 2. The SMILES string of the molecule is Cc1cn2c(n1)sc1cc(CCl)ccc12. The van der Waals surface area contributed by atoms with Crippen molar-refractivity contribution in [3.05, 3.63) is 35.7 Å². The van der Waals surface area contributed by atoms with Crippen LogP contribution in [0.1, 0.15) is 11.3 Å². The largest absolute Gasteiger partial charge is 0.290 e. The van der Waals surface area contributed by atoms with Gasteiger partial charge in [-0.1, -0.05) is 17.4 Å². The summed E-state index contributed by atoms with van der Waals surface area (Å²) in [6.07, 6.45) is 2.06. The molecule has 2 heterocycles. The van der Waals surface area contributed by atoms with Crippen molar-refractivity contribution in [3.63, 3.8) is 0 Å². The van der Waals surface area contributed by atoms with Gasteiger partial charge in [-0.3, -0.25) is 4.40 Å². The number of rotatable bonds is 1. The van der Waals surface area contributed by atoms with Gasteiger partial charge >= 0.3 is 0 Å². The molecular formula is C11H9ClN2S. The minimum atomic E-state index is 0.565. The van der Waals surface area contributed by atoms with Crippen LogP contribution in [-0.2, 0) is 5.88 Å². The van der Waals surface area contributed by atoms with Crippen LogP contribution in [0.4, 0.5) is 0 Å². The predicted octanol–water partition coefficient (Wildman–Crippen LogP) is 3.60. The molecule has 2 aromatic heterocycles. The Morgan fingerprint density at radius 3 is 3.13 bits per heavy atom. The van der Waals surface area contributed by atoms with Crippen LogP contribution in [0.3, 0.4) is 0 Å². The maximum absolute atomic E-state index is 5.81. The lowest BCUT2D eigenvalue weighted by Crippen LogP contribution is -1.79. The van der Waals surface area contributed by atoms with Crippen molar-refractivity contribution in [1.29, 1.82) is 0 Å². The van der Waals surface area contributed by atoms with Crippen LogP contribution in [0.25, 0.3) is 15.2 Å². The van der Waals surface area contributed by atoms with E-state index in [-0.39, 0.29) is 0 Å². The van der Waals surface area contributed by atoms with E-state index in [9.17, 15) is 0 Å². The van der Waals surface area contributed by atoms with Crippen molar-refractivity contribution in [1.82, 2.24) is 9.38 Å². The van der Waals surface area contributed by atoms with Gasteiger partial charge in [0.15, 0.2) is 4.96 Å². The van der Waals surface area contributed by atoms with Gasteiger partial charge in [-0.15, -0.1) is 11.6 Å². The van der Waals surface area contributed by atoms with Gasteiger partial charge in [0.05, 0.1) is 15.9 Å². The van der Waals surface area contributed by atoms with Crippen molar-refractivity contribution in [2.75, 3.05) is 0 Å². The molecule has 2 nitrogen and oxygen atoms in total. The molecule has 0 fully saturated rings. The van der Waals surface area contributed by atoms with Gasteiger partial charge in [-0.25, -0.2) is 4.98 Å². The van der Waals surface area contributed by atoms with Crippen LogP contribution < -0.4 is 0 Å². The average molecular weight is 237 g/mol. The number of imidazole rings is 1. The van der Waals surface area contributed by atoms with Gasteiger partial charge in [-0.05, 0) is 24.6 Å². The monoisotopic (exact) mass is 236 g/mol. The Kier molecular flexibility index (Phi) is 1.97. The third-order valence-corrected chi connectivity index (χ3v) is 3.76. The van der Waals surface area contributed by atoms with Gasteiger partial charge < -0.3 is 0 Å². The summed E-state index contributed by atoms with van der Waals surface area (Å²) in [5.41, 5.74) is 3.43. The number of hydrogen-bond donors (Lipinski definition) is 0. The molecule has 0 unspecified atom stereocenters. The smallest absolute Gasteiger partial charge is 0.194 e. The van der Waals surface area contributed by atoms with E-state index in [4.69, 9.17) is 11.6 Å². The highest BCUT2D eigenvalue weighted by atomic mass is 35.5. The number of aryl methyl sites for hydroxylation is 1. The Labute approximate surface area is 96.1 Å². The molecule has 15 heavy (non-hydrogen) atoms. The first-order chi connectivity index (χ1) is 7.28. The zero-order valence-electron chi connectivity index (χ0n) is 8.20. The van der Waals surface area contributed by atoms with Gasteiger partial charge in [0, 0.05) is 12.1 Å². The molecule has 0 aliphatic rings. The van der Waals surface area contributed by atoms with E-state index in [1.807, 2.05) is 6.92 Å². The summed E-state index contributed by atoms with van der Waals surface area (Å²) in [6, 6.07) is 6.31. The predicted molar refractivity (Wildman–Crippen MR) is 64.9 cm³/mol. The number of thiazole rings is 1. The van der Waals surface area contributed by atoms with Crippen molar-refractivity contribution < 1.29 is 0 Å². The van der Waals surface area contributed by atoms with Crippen LogP contribution in [0, 0.1) is 6.92 Å². The molecule has 3 aromatic rings. The second-order valence-electron chi connectivity index (χ2n) is 3.57. The molecule has 4 heteroatoms. The molecule has 0 saturated heterocycles.